The van der Waals surface area contributed by atoms with Gasteiger partial charge in [-0.1, -0.05) is 0 Å². The molecule has 88 valence electrons. The Kier molecular flexibility index (Phi) is 3.18. The maximum absolute atomic E-state index is 13.2. The van der Waals surface area contributed by atoms with Crippen LogP contribution in [0.15, 0.2) is 34.7 Å². The molecule has 0 atom stereocenters. The highest BCUT2D eigenvalue weighted by Gasteiger charge is 2.07. The van der Waals surface area contributed by atoms with Gasteiger partial charge in [-0.3, -0.25) is 4.79 Å². The average Bonchev–Trinajstić information content (AvgIpc) is 2.76. The van der Waals surface area contributed by atoms with Crippen molar-refractivity contribution in [2.24, 2.45) is 0 Å². The van der Waals surface area contributed by atoms with E-state index in [1.54, 1.807) is 6.07 Å². The van der Waals surface area contributed by atoms with Gasteiger partial charge in [0.05, 0.1) is 0 Å². The minimum absolute atomic E-state index is 0.0314. The van der Waals surface area contributed by atoms with Gasteiger partial charge in [-0.2, -0.15) is 0 Å². The highest BCUT2D eigenvalue weighted by atomic mass is 19.1. The van der Waals surface area contributed by atoms with Crippen molar-refractivity contribution >= 4 is 6.29 Å². The number of benzene rings is 1. The summed E-state index contributed by atoms with van der Waals surface area (Å²) < 4.78 is 35.9. The summed E-state index contributed by atoms with van der Waals surface area (Å²) in [4.78, 5) is 10.3. The molecule has 0 fully saturated rings. The Bertz CT molecular complexity index is 534. The van der Waals surface area contributed by atoms with Crippen molar-refractivity contribution in [3.8, 4) is 5.75 Å². The van der Waals surface area contributed by atoms with Gasteiger partial charge in [0.1, 0.15) is 18.2 Å². The molecule has 2 aromatic rings. The molecule has 1 aromatic heterocycles. The average molecular weight is 238 g/mol. The quantitative estimate of drug-likeness (QED) is 0.769. The van der Waals surface area contributed by atoms with Crippen LogP contribution in [-0.2, 0) is 6.61 Å². The highest BCUT2D eigenvalue weighted by molar-refractivity contribution is 5.70. The van der Waals surface area contributed by atoms with E-state index in [0.29, 0.717) is 12.0 Å². The summed E-state index contributed by atoms with van der Waals surface area (Å²) >= 11 is 0. The number of hydrogen-bond donors (Lipinski definition) is 0. The number of ether oxygens (including phenoxy) is 1. The Morgan fingerprint density at radius 2 is 2.06 bits per heavy atom. The van der Waals surface area contributed by atoms with E-state index in [-0.39, 0.29) is 18.1 Å². The van der Waals surface area contributed by atoms with Gasteiger partial charge in [0.2, 0.25) is 0 Å². The van der Waals surface area contributed by atoms with E-state index >= 15 is 0 Å². The molecule has 0 amide bonds. The van der Waals surface area contributed by atoms with Crippen molar-refractivity contribution in [3.05, 3.63) is 53.5 Å². The van der Waals surface area contributed by atoms with E-state index in [9.17, 15) is 13.6 Å². The monoisotopic (exact) mass is 238 g/mol. The van der Waals surface area contributed by atoms with Gasteiger partial charge >= 0.3 is 0 Å². The normalized spacial score (nSPS) is 10.2. The maximum atomic E-state index is 13.2. The van der Waals surface area contributed by atoms with Crippen LogP contribution in [0.4, 0.5) is 8.78 Å². The van der Waals surface area contributed by atoms with E-state index < -0.39 is 11.6 Å². The van der Waals surface area contributed by atoms with E-state index in [0.717, 1.165) is 12.1 Å². The van der Waals surface area contributed by atoms with E-state index in [4.69, 9.17) is 9.15 Å². The third-order valence-corrected chi connectivity index (χ3v) is 2.06. The third-order valence-electron chi connectivity index (χ3n) is 2.06. The molecule has 0 aliphatic heterocycles. The second-order valence-electron chi connectivity index (χ2n) is 3.29. The summed E-state index contributed by atoms with van der Waals surface area (Å²) in [5, 5.41) is 0. The first-order chi connectivity index (χ1) is 8.19. The fourth-order valence-corrected chi connectivity index (χ4v) is 1.28. The van der Waals surface area contributed by atoms with Crippen molar-refractivity contribution in [2.75, 3.05) is 0 Å². The van der Waals surface area contributed by atoms with E-state index in [1.807, 2.05) is 0 Å². The Labute approximate surface area is 95.6 Å². The number of hydrogen-bond acceptors (Lipinski definition) is 3. The molecule has 0 spiro atoms. The summed E-state index contributed by atoms with van der Waals surface area (Å²) in [6, 6.07) is 6.04. The molecule has 5 heteroatoms. The van der Waals surface area contributed by atoms with Crippen molar-refractivity contribution in [2.45, 2.75) is 6.61 Å². The number of carbonyl (C=O) groups excluding carboxylic acids is 1. The second-order valence-corrected chi connectivity index (χ2v) is 3.29. The van der Waals surface area contributed by atoms with E-state index in [2.05, 4.69) is 0 Å². The zero-order chi connectivity index (χ0) is 12.3. The number of furan rings is 1. The van der Waals surface area contributed by atoms with Gasteiger partial charge in [-0.15, -0.1) is 0 Å². The molecule has 0 unspecified atom stereocenters. The van der Waals surface area contributed by atoms with Crippen molar-refractivity contribution in [1.29, 1.82) is 0 Å². The minimum atomic E-state index is -0.785. The lowest BCUT2D eigenvalue weighted by molar-refractivity contribution is 0.109. The van der Waals surface area contributed by atoms with Crippen LogP contribution < -0.4 is 4.74 Å². The lowest BCUT2D eigenvalue weighted by Gasteiger charge is -2.04. The Balaban J connectivity index is 2.04. The molecule has 0 radical (unpaired) electrons. The molecule has 1 aromatic carbocycles. The zero-order valence-electron chi connectivity index (χ0n) is 8.65. The van der Waals surface area contributed by atoms with Gasteiger partial charge in [-0.05, 0) is 24.3 Å². The molecule has 0 N–H and O–H groups in total. The molecule has 1 heterocycles. The van der Waals surface area contributed by atoms with Gasteiger partial charge in [0, 0.05) is 6.07 Å². The number of halogens is 2. The SMILES string of the molecule is O=Cc1ccc(COc2ccc(F)cc2F)o1. The number of rotatable bonds is 4. The smallest absolute Gasteiger partial charge is 0.185 e. The van der Waals surface area contributed by atoms with Gasteiger partial charge in [0.15, 0.2) is 23.6 Å². The third kappa shape index (κ3) is 2.69. The molecule has 0 aliphatic rings. The van der Waals surface area contributed by atoms with Crippen LogP contribution in [0.1, 0.15) is 16.3 Å². The standard InChI is InChI=1S/C12H8F2O3/c13-8-1-4-12(11(14)5-8)16-7-10-3-2-9(6-15)17-10/h1-6H,7H2. The number of carbonyl (C=O) groups is 1. The van der Waals surface area contributed by atoms with Gasteiger partial charge in [0.25, 0.3) is 0 Å². The molecule has 0 saturated carbocycles. The molecule has 2 rings (SSSR count). The van der Waals surface area contributed by atoms with Crippen LogP contribution in [0.5, 0.6) is 5.75 Å². The fraction of sp³-hybridized carbons (Fsp3) is 0.0833. The first-order valence-corrected chi connectivity index (χ1v) is 4.81. The lowest BCUT2D eigenvalue weighted by Crippen LogP contribution is -1.96. The predicted octanol–water partition coefficient (Wildman–Crippen LogP) is 2.95. The highest BCUT2D eigenvalue weighted by Crippen LogP contribution is 2.19. The Morgan fingerprint density at radius 3 is 2.71 bits per heavy atom. The molecule has 17 heavy (non-hydrogen) atoms. The van der Waals surface area contributed by atoms with Crippen LogP contribution in [-0.4, -0.2) is 6.29 Å². The molecule has 0 bridgehead atoms. The van der Waals surface area contributed by atoms with Gasteiger partial charge in [-0.25, -0.2) is 8.78 Å². The summed E-state index contributed by atoms with van der Waals surface area (Å²) in [6.07, 6.45) is 0.558. The molecular weight excluding hydrogens is 230 g/mol. The largest absolute Gasteiger partial charge is 0.483 e. The minimum Gasteiger partial charge on any atom is -0.483 e. The first-order valence-electron chi connectivity index (χ1n) is 4.81. The number of aldehydes is 1. The Hall–Kier alpha value is -2.17. The van der Waals surface area contributed by atoms with Crippen molar-refractivity contribution in [1.82, 2.24) is 0 Å². The summed E-state index contributed by atoms with van der Waals surface area (Å²) in [5.41, 5.74) is 0. The fourth-order valence-electron chi connectivity index (χ4n) is 1.28. The van der Waals surface area contributed by atoms with Crippen LogP contribution in [0.2, 0.25) is 0 Å². The van der Waals surface area contributed by atoms with E-state index in [1.165, 1.54) is 12.1 Å². The van der Waals surface area contributed by atoms with Crippen LogP contribution in [0.25, 0.3) is 0 Å². The topological polar surface area (TPSA) is 39.4 Å². The molecule has 0 aliphatic carbocycles. The van der Waals surface area contributed by atoms with Crippen molar-refractivity contribution in [3.63, 3.8) is 0 Å². The molecule has 3 nitrogen and oxygen atoms in total. The Morgan fingerprint density at radius 1 is 1.24 bits per heavy atom. The summed E-state index contributed by atoms with van der Waals surface area (Å²) in [7, 11) is 0. The van der Waals surface area contributed by atoms with Crippen LogP contribution in [0.3, 0.4) is 0 Å². The molecular formula is C12H8F2O3. The molecule has 0 saturated heterocycles. The predicted molar refractivity (Wildman–Crippen MR) is 54.8 cm³/mol. The van der Waals surface area contributed by atoms with Crippen LogP contribution >= 0.6 is 0 Å². The second kappa shape index (κ2) is 4.78. The zero-order valence-corrected chi connectivity index (χ0v) is 8.65. The van der Waals surface area contributed by atoms with Crippen molar-refractivity contribution < 1.29 is 22.7 Å². The first kappa shape index (κ1) is 11.3. The van der Waals surface area contributed by atoms with Gasteiger partial charge < -0.3 is 9.15 Å². The maximum Gasteiger partial charge on any atom is 0.185 e. The van der Waals surface area contributed by atoms with Crippen LogP contribution in [0, 0.1) is 11.6 Å². The summed E-state index contributed by atoms with van der Waals surface area (Å²) in [5.74, 6) is -0.974. The lowest BCUT2D eigenvalue weighted by atomic mass is 10.3. The summed E-state index contributed by atoms with van der Waals surface area (Å²) in [6.45, 7) is -0.0314.